The molecule has 2 aromatic rings. The number of carbonyl (C=O) groups excluding carboxylic acids is 2. The largest absolute Gasteiger partial charge is 0.491 e. The van der Waals surface area contributed by atoms with Crippen molar-refractivity contribution >= 4 is 29.3 Å². The molecule has 0 aliphatic heterocycles. The van der Waals surface area contributed by atoms with E-state index in [4.69, 9.17) is 16.3 Å². The first-order valence-electron chi connectivity index (χ1n) is 8.65. The van der Waals surface area contributed by atoms with Gasteiger partial charge in [-0.3, -0.25) is 4.79 Å². The molecule has 27 heavy (non-hydrogen) atoms. The first-order valence-corrected chi connectivity index (χ1v) is 9.03. The summed E-state index contributed by atoms with van der Waals surface area (Å²) in [5.74, 6) is 0.124. The van der Waals surface area contributed by atoms with E-state index in [0.29, 0.717) is 29.5 Å². The topological polar surface area (TPSA) is 76.7 Å². The van der Waals surface area contributed by atoms with Crippen LogP contribution in [0.1, 0.15) is 18.9 Å². The molecule has 0 saturated carbocycles. The van der Waals surface area contributed by atoms with Crippen molar-refractivity contribution in [1.82, 2.24) is 5.32 Å². The van der Waals surface area contributed by atoms with Crippen molar-refractivity contribution in [3.8, 4) is 5.75 Å². The van der Waals surface area contributed by atoms with Gasteiger partial charge >= 0.3 is 6.09 Å². The molecular weight excluding hydrogens is 368 g/mol. The van der Waals surface area contributed by atoms with Gasteiger partial charge in [-0.2, -0.15) is 0 Å². The highest BCUT2D eigenvalue weighted by Crippen LogP contribution is 2.28. The second-order valence-corrected chi connectivity index (χ2v) is 6.29. The summed E-state index contributed by atoms with van der Waals surface area (Å²) in [5, 5.41) is 5.82. The van der Waals surface area contributed by atoms with Crippen LogP contribution < -0.4 is 15.4 Å². The van der Waals surface area contributed by atoms with Crippen LogP contribution in [0, 0.1) is 0 Å². The summed E-state index contributed by atoms with van der Waals surface area (Å²) in [5.41, 5.74) is 1.35. The average Bonchev–Trinajstić information content (AvgIpc) is 2.67. The third-order valence-corrected chi connectivity index (χ3v) is 3.97. The molecule has 0 aromatic heterocycles. The Bertz CT molecular complexity index is 768. The van der Waals surface area contributed by atoms with Crippen molar-refractivity contribution in [1.29, 1.82) is 0 Å². The minimum atomic E-state index is -0.821. The van der Waals surface area contributed by atoms with Crippen LogP contribution in [0.5, 0.6) is 5.75 Å². The molecule has 0 radical (unpaired) electrons. The smallest absolute Gasteiger partial charge is 0.407 e. The van der Waals surface area contributed by atoms with Crippen molar-refractivity contribution < 1.29 is 19.1 Å². The molecule has 7 heteroatoms. The lowest BCUT2D eigenvalue weighted by atomic mass is 10.1. The number of benzene rings is 2. The fourth-order valence-corrected chi connectivity index (χ4v) is 2.59. The Morgan fingerprint density at radius 2 is 1.89 bits per heavy atom. The maximum atomic E-state index is 12.8. The van der Waals surface area contributed by atoms with Crippen LogP contribution in [-0.4, -0.2) is 31.8 Å². The average molecular weight is 391 g/mol. The molecule has 1 unspecified atom stereocenters. The zero-order valence-corrected chi connectivity index (χ0v) is 16.1. The monoisotopic (exact) mass is 390 g/mol. The number of hydrogen-bond donors (Lipinski definition) is 2. The molecule has 0 saturated heterocycles. The molecule has 1 atom stereocenters. The molecule has 0 aliphatic rings. The molecule has 0 fully saturated rings. The Hall–Kier alpha value is -2.73. The summed E-state index contributed by atoms with van der Waals surface area (Å²) < 4.78 is 10.3. The number of nitrogens with one attached hydrogen (secondary N) is 2. The van der Waals surface area contributed by atoms with Gasteiger partial charge in [0, 0.05) is 11.4 Å². The highest BCUT2D eigenvalue weighted by atomic mass is 35.5. The normalized spacial score (nSPS) is 11.4. The van der Waals surface area contributed by atoms with Crippen molar-refractivity contribution in [3.63, 3.8) is 0 Å². The van der Waals surface area contributed by atoms with E-state index >= 15 is 0 Å². The SMILES string of the molecule is CCCOc1ccc(Cl)cc1NC(=O)C(Cc1ccccc1)NC(=O)OC. The maximum Gasteiger partial charge on any atom is 0.407 e. The lowest BCUT2D eigenvalue weighted by Crippen LogP contribution is -2.45. The molecule has 0 heterocycles. The summed E-state index contributed by atoms with van der Waals surface area (Å²) in [7, 11) is 1.25. The standard InChI is InChI=1S/C20H23ClN2O4/c1-3-11-27-18-10-9-15(21)13-16(18)22-19(24)17(23-20(25)26-2)12-14-7-5-4-6-8-14/h4-10,13,17H,3,11-12H2,1-2H3,(H,22,24)(H,23,25). The van der Waals surface area contributed by atoms with Crippen LogP contribution >= 0.6 is 11.6 Å². The van der Waals surface area contributed by atoms with E-state index in [-0.39, 0.29) is 0 Å². The number of alkyl carbamates (subject to hydrolysis) is 1. The van der Waals surface area contributed by atoms with Crippen LogP contribution in [0.25, 0.3) is 0 Å². The molecule has 0 bridgehead atoms. The van der Waals surface area contributed by atoms with Gasteiger partial charge in [0.2, 0.25) is 5.91 Å². The Morgan fingerprint density at radius 1 is 1.15 bits per heavy atom. The predicted octanol–water partition coefficient (Wildman–Crippen LogP) is 4.03. The summed E-state index contributed by atoms with van der Waals surface area (Å²) in [4.78, 5) is 24.5. The summed E-state index contributed by atoms with van der Waals surface area (Å²) in [6.45, 7) is 2.50. The van der Waals surface area contributed by atoms with Gasteiger partial charge in [-0.05, 0) is 30.2 Å². The first kappa shape index (κ1) is 20.6. The Balaban J connectivity index is 2.19. The van der Waals surface area contributed by atoms with Gasteiger partial charge in [0.25, 0.3) is 0 Å². The third kappa shape index (κ3) is 6.49. The molecule has 2 amide bonds. The molecule has 2 aromatic carbocycles. The molecule has 0 aliphatic carbocycles. The van der Waals surface area contributed by atoms with Crippen LogP contribution in [0.15, 0.2) is 48.5 Å². The van der Waals surface area contributed by atoms with E-state index in [0.717, 1.165) is 12.0 Å². The predicted molar refractivity (Wildman–Crippen MR) is 105 cm³/mol. The number of hydrogen-bond acceptors (Lipinski definition) is 4. The Labute approximate surface area is 163 Å². The number of halogens is 1. The fourth-order valence-electron chi connectivity index (χ4n) is 2.42. The van der Waals surface area contributed by atoms with E-state index in [1.165, 1.54) is 7.11 Å². The number of amides is 2. The summed E-state index contributed by atoms with van der Waals surface area (Å²) in [6, 6.07) is 13.6. The molecule has 6 nitrogen and oxygen atoms in total. The van der Waals surface area contributed by atoms with Gasteiger partial charge in [0.05, 0.1) is 19.4 Å². The number of rotatable bonds is 8. The molecule has 2 rings (SSSR count). The third-order valence-electron chi connectivity index (χ3n) is 3.74. The number of carbonyl (C=O) groups is 2. The lowest BCUT2D eigenvalue weighted by molar-refractivity contribution is -0.118. The van der Waals surface area contributed by atoms with E-state index < -0.39 is 18.0 Å². The zero-order chi connectivity index (χ0) is 19.6. The second-order valence-electron chi connectivity index (χ2n) is 5.86. The highest BCUT2D eigenvalue weighted by molar-refractivity contribution is 6.31. The summed E-state index contributed by atoms with van der Waals surface area (Å²) in [6.07, 6.45) is 0.462. The zero-order valence-electron chi connectivity index (χ0n) is 15.3. The lowest BCUT2D eigenvalue weighted by Gasteiger charge is -2.19. The second kappa shape index (κ2) is 10.4. The van der Waals surface area contributed by atoms with Gasteiger partial charge < -0.3 is 20.1 Å². The first-order chi connectivity index (χ1) is 13.0. The highest BCUT2D eigenvalue weighted by Gasteiger charge is 2.23. The van der Waals surface area contributed by atoms with Crippen LogP contribution in [0.2, 0.25) is 5.02 Å². The quantitative estimate of drug-likeness (QED) is 0.713. The van der Waals surface area contributed by atoms with E-state index in [1.54, 1.807) is 18.2 Å². The van der Waals surface area contributed by atoms with Crippen LogP contribution in [0.4, 0.5) is 10.5 Å². The van der Waals surface area contributed by atoms with E-state index in [9.17, 15) is 9.59 Å². The van der Waals surface area contributed by atoms with Crippen LogP contribution in [0.3, 0.4) is 0 Å². The van der Waals surface area contributed by atoms with Crippen molar-refractivity contribution in [2.75, 3.05) is 19.0 Å². The summed E-state index contributed by atoms with van der Waals surface area (Å²) >= 11 is 6.05. The van der Waals surface area contributed by atoms with E-state index in [1.807, 2.05) is 37.3 Å². The van der Waals surface area contributed by atoms with E-state index in [2.05, 4.69) is 15.4 Å². The minimum Gasteiger partial charge on any atom is -0.491 e. The van der Waals surface area contributed by atoms with Gasteiger partial charge in [0.1, 0.15) is 11.8 Å². The van der Waals surface area contributed by atoms with Gasteiger partial charge in [0.15, 0.2) is 0 Å². The van der Waals surface area contributed by atoms with Gasteiger partial charge in [-0.1, -0.05) is 48.9 Å². The van der Waals surface area contributed by atoms with Gasteiger partial charge in [-0.25, -0.2) is 4.79 Å². The van der Waals surface area contributed by atoms with Crippen molar-refractivity contribution in [3.05, 3.63) is 59.1 Å². The minimum absolute atomic E-state index is 0.313. The molecule has 144 valence electrons. The maximum absolute atomic E-state index is 12.8. The Morgan fingerprint density at radius 3 is 2.56 bits per heavy atom. The number of anilines is 1. The number of ether oxygens (including phenoxy) is 2. The van der Waals surface area contributed by atoms with Crippen LogP contribution in [-0.2, 0) is 16.0 Å². The Kier molecular flexibility index (Phi) is 7.95. The van der Waals surface area contributed by atoms with Crippen molar-refractivity contribution in [2.24, 2.45) is 0 Å². The molecule has 2 N–H and O–H groups in total. The molecule has 0 spiro atoms. The fraction of sp³-hybridized carbons (Fsp3) is 0.300. The van der Waals surface area contributed by atoms with Crippen molar-refractivity contribution in [2.45, 2.75) is 25.8 Å². The number of methoxy groups -OCH3 is 1. The van der Waals surface area contributed by atoms with Gasteiger partial charge in [-0.15, -0.1) is 0 Å². The molecular formula is C20H23ClN2O4.